The van der Waals surface area contributed by atoms with Crippen LogP contribution in [-0.2, 0) is 6.42 Å². The molecule has 366 valence electrons. The Kier molecular flexibility index (Phi) is 13.0. The highest BCUT2D eigenvalue weighted by Gasteiger charge is 2.18. The Morgan fingerprint density at radius 1 is 0.273 bits per heavy atom. The quantitative estimate of drug-likeness (QED) is 0.105. The summed E-state index contributed by atoms with van der Waals surface area (Å²) in [5.41, 5.74) is 22.9. The molecular weight excluding hydrogens is 929 g/mol. The van der Waals surface area contributed by atoms with Crippen LogP contribution in [0.4, 0.5) is 17.1 Å². The van der Waals surface area contributed by atoms with E-state index in [1.165, 1.54) is 94.1 Å². The Morgan fingerprint density at radius 3 is 1.06 bits per heavy atom. The van der Waals surface area contributed by atoms with Gasteiger partial charge in [0.15, 0.2) is 0 Å². The molecule has 1 atom stereocenters. The van der Waals surface area contributed by atoms with E-state index in [1.807, 2.05) is 0 Å². The normalized spacial score (nSPS) is 11.7. The first-order valence-electron chi connectivity index (χ1n) is 26.8. The zero-order chi connectivity index (χ0) is 51.3. The molecule has 0 fully saturated rings. The van der Waals surface area contributed by atoms with Gasteiger partial charge in [0.25, 0.3) is 0 Å². The van der Waals surface area contributed by atoms with Crippen molar-refractivity contribution in [3.05, 3.63) is 326 Å². The molecule has 0 N–H and O–H groups in total. The highest BCUT2D eigenvalue weighted by atomic mass is 15.1. The fourth-order valence-corrected chi connectivity index (χ4v) is 11.3. The molecule has 77 heavy (non-hydrogen) atoms. The van der Waals surface area contributed by atoms with Crippen LogP contribution in [0.25, 0.3) is 83.1 Å². The molecule has 12 aromatic carbocycles. The van der Waals surface area contributed by atoms with Crippen LogP contribution in [0.3, 0.4) is 0 Å². The molecule has 1 aromatic heterocycles. The molecule has 0 spiro atoms. The Bertz CT molecular complexity index is 4020. The van der Waals surface area contributed by atoms with Gasteiger partial charge in [-0.05, 0) is 158 Å². The molecule has 0 saturated carbocycles. The molecule has 1 unspecified atom stereocenters. The van der Waals surface area contributed by atoms with E-state index in [2.05, 4.69) is 319 Å². The second-order valence-corrected chi connectivity index (χ2v) is 20.0. The van der Waals surface area contributed by atoms with Gasteiger partial charge in [0.2, 0.25) is 0 Å². The maximum Gasteiger partial charge on any atom is 0.0541 e. The minimum Gasteiger partial charge on any atom is -0.311 e. The van der Waals surface area contributed by atoms with E-state index in [4.69, 9.17) is 0 Å². The van der Waals surface area contributed by atoms with Crippen molar-refractivity contribution in [3.63, 3.8) is 0 Å². The fourth-order valence-electron chi connectivity index (χ4n) is 11.3. The maximum atomic E-state index is 2.42. The summed E-state index contributed by atoms with van der Waals surface area (Å²) in [5, 5.41) is 2.45. The summed E-state index contributed by atoms with van der Waals surface area (Å²) >= 11 is 0. The number of aromatic nitrogens is 1. The number of fused-ring (bicyclic) bond motifs is 3. The molecule has 0 aliphatic heterocycles. The summed E-state index contributed by atoms with van der Waals surface area (Å²) in [6.45, 7) is 0. The summed E-state index contributed by atoms with van der Waals surface area (Å²) in [4.78, 5) is 2.30. The molecule has 2 heteroatoms. The first-order valence-corrected chi connectivity index (χ1v) is 26.8. The molecule has 0 saturated heterocycles. The predicted molar refractivity (Wildman–Crippen MR) is 326 cm³/mol. The van der Waals surface area contributed by atoms with Crippen molar-refractivity contribution >= 4 is 38.9 Å². The van der Waals surface area contributed by atoms with Gasteiger partial charge in [0.05, 0.1) is 11.0 Å². The summed E-state index contributed by atoms with van der Waals surface area (Å²) in [5.74, 6) is 0.326. The lowest BCUT2D eigenvalue weighted by Crippen LogP contribution is -2.09. The van der Waals surface area contributed by atoms with Crippen molar-refractivity contribution in [2.24, 2.45) is 0 Å². The highest BCUT2D eigenvalue weighted by molar-refractivity contribution is 6.11. The van der Waals surface area contributed by atoms with Crippen LogP contribution in [-0.4, -0.2) is 4.57 Å². The molecule has 0 aliphatic carbocycles. The average Bonchev–Trinajstić information content (AvgIpc) is 3.85. The third-order valence-electron chi connectivity index (χ3n) is 15.3. The van der Waals surface area contributed by atoms with E-state index in [9.17, 15) is 0 Å². The van der Waals surface area contributed by atoms with Crippen LogP contribution < -0.4 is 4.90 Å². The van der Waals surface area contributed by atoms with Crippen LogP contribution >= 0.6 is 0 Å². The average molecular weight is 985 g/mol. The molecule has 2 nitrogen and oxygen atoms in total. The molecule has 0 amide bonds. The van der Waals surface area contributed by atoms with E-state index in [0.717, 1.165) is 35.6 Å². The minimum atomic E-state index is 0.326. The van der Waals surface area contributed by atoms with Gasteiger partial charge >= 0.3 is 0 Å². The molecular formula is C75H56N2. The zero-order valence-corrected chi connectivity index (χ0v) is 42.8. The van der Waals surface area contributed by atoms with Crippen LogP contribution in [0, 0.1) is 0 Å². The lowest BCUT2D eigenvalue weighted by Gasteiger charge is -2.25. The zero-order valence-electron chi connectivity index (χ0n) is 42.8. The molecule has 0 radical (unpaired) electrons. The van der Waals surface area contributed by atoms with Gasteiger partial charge in [-0.1, -0.05) is 237 Å². The number of aryl methyl sites for hydroxylation is 1. The van der Waals surface area contributed by atoms with Gasteiger partial charge in [-0.25, -0.2) is 0 Å². The largest absolute Gasteiger partial charge is 0.311 e. The topological polar surface area (TPSA) is 8.17 Å². The van der Waals surface area contributed by atoms with Gasteiger partial charge in [-0.2, -0.15) is 0 Å². The van der Waals surface area contributed by atoms with Crippen molar-refractivity contribution in [1.29, 1.82) is 0 Å². The number of hydrogen-bond acceptors (Lipinski definition) is 1. The number of anilines is 3. The van der Waals surface area contributed by atoms with E-state index >= 15 is 0 Å². The summed E-state index contributed by atoms with van der Waals surface area (Å²) in [6, 6.07) is 113. The first-order chi connectivity index (χ1) is 38.2. The Labute approximate surface area is 452 Å². The fraction of sp³-hybridized carbons (Fsp3) is 0.0400. The smallest absolute Gasteiger partial charge is 0.0541 e. The van der Waals surface area contributed by atoms with Crippen LogP contribution in [0.2, 0.25) is 0 Å². The van der Waals surface area contributed by atoms with Crippen LogP contribution in [0.5, 0.6) is 0 Å². The molecule has 0 aliphatic rings. The van der Waals surface area contributed by atoms with E-state index < -0.39 is 0 Å². The first kappa shape index (κ1) is 47.0. The van der Waals surface area contributed by atoms with Crippen LogP contribution in [0.1, 0.15) is 29.0 Å². The Morgan fingerprint density at radius 2 is 0.597 bits per heavy atom. The number of benzene rings is 12. The van der Waals surface area contributed by atoms with E-state index in [1.54, 1.807) is 0 Å². The van der Waals surface area contributed by atoms with Crippen molar-refractivity contribution < 1.29 is 0 Å². The SMILES string of the molecule is c1ccc(CCC(c2ccccc2)c2ccc(-c3ccc(-c4ccc5c(c4)c4cc(-c6ccc(-c7ccc(N(c8ccccc8)c8ccccc8)cc7)cc6)ccc4n5-c4ccc(-c5ccccc5)cc4)cc3)cc2)cc1. The molecule has 13 aromatic rings. The summed E-state index contributed by atoms with van der Waals surface area (Å²) < 4.78 is 2.42. The van der Waals surface area contributed by atoms with Gasteiger partial charge in [-0.15, -0.1) is 0 Å². The Hall–Kier alpha value is -9.76. The summed E-state index contributed by atoms with van der Waals surface area (Å²) in [7, 11) is 0. The van der Waals surface area contributed by atoms with Gasteiger partial charge < -0.3 is 9.47 Å². The number of hydrogen-bond donors (Lipinski definition) is 0. The number of nitrogens with zero attached hydrogens (tertiary/aromatic N) is 2. The van der Waals surface area contributed by atoms with E-state index in [0.29, 0.717) is 5.92 Å². The second kappa shape index (κ2) is 21.2. The molecule has 0 bridgehead atoms. The predicted octanol–water partition coefficient (Wildman–Crippen LogP) is 20.4. The van der Waals surface area contributed by atoms with Gasteiger partial charge in [0, 0.05) is 39.4 Å². The van der Waals surface area contributed by atoms with Gasteiger partial charge in [-0.3, -0.25) is 0 Å². The maximum absolute atomic E-state index is 2.42. The minimum absolute atomic E-state index is 0.326. The van der Waals surface area contributed by atoms with Gasteiger partial charge in [0.1, 0.15) is 0 Å². The monoisotopic (exact) mass is 984 g/mol. The highest BCUT2D eigenvalue weighted by Crippen LogP contribution is 2.40. The standard InChI is InChI=1S/C75H56N2/c1-6-16-54(17-7-1)26-49-71(63-20-10-3-11-21-63)64-37-35-58(36-38-64)56-27-31-61(32-28-56)65-43-50-74-72(52-65)73-53-66(44-51-75(73)77(74)70-47-41-59(42-48-70)55-18-8-2-9-19-55)62-33-29-57(30-34-62)60-39-45-69(46-40-60)76(67-22-12-4-13-23-67)68-24-14-5-15-25-68/h1-25,27-48,50-53,71H,26,49H2. The lowest BCUT2D eigenvalue weighted by atomic mass is 9.85. The van der Waals surface area contributed by atoms with Crippen molar-refractivity contribution in [2.45, 2.75) is 18.8 Å². The number of para-hydroxylation sites is 2. The van der Waals surface area contributed by atoms with Crippen molar-refractivity contribution in [2.75, 3.05) is 4.90 Å². The molecule has 1 heterocycles. The number of rotatable bonds is 14. The van der Waals surface area contributed by atoms with Crippen molar-refractivity contribution in [1.82, 2.24) is 4.57 Å². The van der Waals surface area contributed by atoms with E-state index in [-0.39, 0.29) is 0 Å². The summed E-state index contributed by atoms with van der Waals surface area (Å²) in [6.07, 6.45) is 2.09. The van der Waals surface area contributed by atoms with Crippen molar-refractivity contribution in [3.8, 4) is 61.3 Å². The third kappa shape index (κ3) is 9.77. The third-order valence-corrected chi connectivity index (χ3v) is 15.3. The molecule has 13 rings (SSSR count). The second-order valence-electron chi connectivity index (χ2n) is 20.0. The Balaban J connectivity index is 0.808. The lowest BCUT2D eigenvalue weighted by molar-refractivity contribution is 0.715. The van der Waals surface area contributed by atoms with Crippen LogP contribution in [0.15, 0.2) is 309 Å².